The molecule has 2 heterocycles. The van der Waals surface area contributed by atoms with E-state index < -0.39 is 0 Å². The summed E-state index contributed by atoms with van der Waals surface area (Å²) in [7, 11) is 0. The minimum atomic E-state index is -0.000194. The van der Waals surface area contributed by atoms with Crippen molar-refractivity contribution >= 4 is 34.4 Å². The molecule has 1 atom stereocenters. The summed E-state index contributed by atoms with van der Waals surface area (Å²) in [5, 5.41) is 12.0. The molecule has 0 aromatic carbocycles. The van der Waals surface area contributed by atoms with Gasteiger partial charge >= 0.3 is 0 Å². The van der Waals surface area contributed by atoms with Crippen molar-refractivity contribution in [1.29, 1.82) is 0 Å². The molecule has 8 heteroatoms. The van der Waals surface area contributed by atoms with Gasteiger partial charge in [0.1, 0.15) is 0 Å². The molecule has 0 bridgehead atoms. The molecule has 3 N–H and O–H groups in total. The molecule has 1 aromatic heterocycles. The standard InChI is InChI=1S/C12H19IN6O/c1-2-10(11(14)17-20)18-3-5-19(6-4-18)12-15-7-9(13)8-16-12/h7-8,10,20H,2-6H2,1H3,(H2,14,17). The number of nitrogens with two attached hydrogens (primary N) is 1. The van der Waals surface area contributed by atoms with E-state index in [2.05, 4.69) is 47.5 Å². The van der Waals surface area contributed by atoms with Gasteiger partial charge in [-0.25, -0.2) is 9.97 Å². The van der Waals surface area contributed by atoms with E-state index in [4.69, 9.17) is 10.9 Å². The van der Waals surface area contributed by atoms with Gasteiger partial charge < -0.3 is 15.8 Å². The molecule has 2 rings (SSSR count). The lowest BCUT2D eigenvalue weighted by atomic mass is 10.1. The average Bonchev–Trinajstić information content (AvgIpc) is 2.49. The molecule has 0 saturated carbocycles. The highest BCUT2D eigenvalue weighted by molar-refractivity contribution is 14.1. The Morgan fingerprint density at radius 1 is 1.40 bits per heavy atom. The van der Waals surface area contributed by atoms with E-state index in [1.165, 1.54) is 0 Å². The lowest BCUT2D eigenvalue weighted by Gasteiger charge is -2.38. The van der Waals surface area contributed by atoms with Crippen molar-refractivity contribution in [2.75, 3.05) is 31.1 Å². The Morgan fingerprint density at radius 2 is 2.00 bits per heavy atom. The number of rotatable bonds is 4. The minimum absolute atomic E-state index is 0.000194. The molecule has 110 valence electrons. The first-order valence-electron chi connectivity index (χ1n) is 6.59. The number of piperazine rings is 1. The van der Waals surface area contributed by atoms with Crippen molar-refractivity contribution in [3.63, 3.8) is 0 Å². The number of anilines is 1. The van der Waals surface area contributed by atoms with Crippen LogP contribution in [0, 0.1) is 3.57 Å². The Bertz CT molecular complexity index is 458. The van der Waals surface area contributed by atoms with Crippen molar-refractivity contribution in [3.05, 3.63) is 16.0 Å². The van der Waals surface area contributed by atoms with Crippen molar-refractivity contribution in [3.8, 4) is 0 Å². The summed E-state index contributed by atoms with van der Waals surface area (Å²) in [5.74, 6) is 1.05. The van der Waals surface area contributed by atoms with Crippen LogP contribution in [0.2, 0.25) is 0 Å². The predicted octanol–water partition coefficient (Wildman–Crippen LogP) is 0.728. The van der Waals surface area contributed by atoms with Crippen LogP contribution in [-0.2, 0) is 0 Å². The van der Waals surface area contributed by atoms with Crippen LogP contribution in [0.25, 0.3) is 0 Å². The van der Waals surface area contributed by atoms with Gasteiger partial charge in [-0.1, -0.05) is 12.1 Å². The van der Waals surface area contributed by atoms with Crippen molar-refractivity contribution in [1.82, 2.24) is 14.9 Å². The fourth-order valence-electron chi connectivity index (χ4n) is 2.42. The summed E-state index contributed by atoms with van der Waals surface area (Å²) in [6.07, 6.45) is 4.47. The van der Waals surface area contributed by atoms with Crippen LogP contribution in [0.5, 0.6) is 0 Å². The smallest absolute Gasteiger partial charge is 0.225 e. The number of aromatic nitrogens is 2. The first kappa shape index (κ1) is 15.2. The van der Waals surface area contributed by atoms with E-state index in [-0.39, 0.29) is 11.9 Å². The third-order valence-corrected chi connectivity index (χ3v) is 4.05. The van der Waals surface area contributed by atoms with Crippen LogP contribution >= 0.6 is 22.6 Å². The fourth-order valence-corrected chi connectivity index (χ4v) is 2.70. The number of halogens is 1. The topological polar surface area (TPSA) is 90.9 Å². The number of hydrogen-bond acceptors (Lipinski definition) is 6. The summed E-state index contributed by atoms with van der Waals surface area (Å²) in [4.78, 5) is 13.1. The molecule has 0 radical (unpaired) electrons. The summed E-state index contributed by atoms with van der Waals surface area (Å²) in [6.45, 7) is 5.43. The first-order valence-corrected chi connectivity index (χ1v) is 7.67. The molecule has 1 aliphatic rings. The van der Waals surface area contributed by atoms with Gasteiger partial charge in [0.2, 0.25) is 5.95 Å². The maximum absolute atomic E-state index is 8.83. The zero-order chi connectivity index (χ0) is 14.5. The van der Waals surface area contributed by atoms with E-state index in [9.17, 15) is 0 Å². The highest BCUT2D eigenvalue weighted by Crippen LogP contribution is 2.14. The highest BCUT2D eigenvalue weighted by atomic mass is 127. The van der Waals surface area contributed by atoms with Crippen molar-refractivity contribution < 1.29 is 5.21 Å². The van der Waals surface area contributed by atoms with Gasteiger partial charge in [0, 0.05) is 42.1 Å². The van der Waals surface area contributed by atoms with Crippen molar-refractivity contribution in [2.45, 2.75) is 19.4 Å². The van der Waals surface area contributed by atoms with Gasteiger partial charge in [0.15, 0.2) is 5.84 Å². The Morgan fingerprint density at radius 3 is 2.50 bits per heavy atom. The molecule has 0 spiro atoms. The number of amidine groups is 1. The van der Waals surface area contributed by atoms with Crippen LogP contribution in [0.4, 0.5) is 5.95 Å². The van der Waals surface area contributed by atoms with Crippen LogP contribution in [0.1, 0.15) is 13.3 Å². The van der Waals surface area contributed by atoms with E-state index in [0.29, 0.717) is 0 Å². The van der Waals surface area contributed by atoms with Crippen LogP contribution in [-0.4, -0.2) is 58.1 Å². The maximum atomic E-state index is 8.83. The summed E-state index contributed by atoms with van der Waals surface area (Å²) in [5.41, 5.74) is 5.74. The van der Waals surface area contributed by atoms with Crippen LogP contribution in [0.3, 0.4) is 0 Å². The zero-order valence-corrected chi connectivity index (χ0v) is 13.6. The molecule has 1 saturated heterocycles. The van der Waals surface area contributed by atoms with Gasteiger partial charge in [-0.3, -0.25) is 4.90 Å². The van der Waals surface area contributed by atoms with E-state index in [0.717, 1.165) is 42.1 Å². The summed E-state index contributed by atoms with van der Waals surface area (Å²) >= 11 is 2.19. The monoisotopic (exact) mass is 390 g/mol. The Labute approximate surface area is 132 Å². The first-order chi connectivity index (χ1) is 9.65. The Kier molecular flexibility index (Phi) is 5.35. The van der Waals surface area contributed by atoms with Gasteiger partial charge in [-0.15, -0.1) is 0 Å². The zero-order valence-electron chi connectivity index (χ0n) is 11.4. The number of nitrogens with zero attached hydrogens (tertiary/aromatic N) is 5. The Balaban J connectivity index is 1.96. The molecule has 1 unspecified atom stereocenters. The highest BCUT2D eigenvalue weighted by Gasteiger charge is 2.26. The molecular weight excluding hydrogens is 371 g/mol. The molecule has 1 aliphatic heterocycles. The molecule has 1 aromatic rings. The number of hydrogen-bond donors (Lipinski definition) is 2. The summed E-state index contributed by atoms with van der Waals surface area (Å²) < 4.78 is 1.03. The third kappa shape index (κ3) is 3.48. The number of oxime groups is 1. The predicted molar refractivity (Wildman–Crippen MR) is 86.0 cm³/mol. The average molecular weight is 390 g/mol. The molecule has 20 heavy (non-hydrogen) atoms. The van der Waals surface area contributed by atoms with Gasteiger partial charge in [0.05, 0.1) is 6.04 Å². The SMILES string of the molecule is CCC(C(N)=NO)N1CCN(c2ncc(I)cn2)CC1. The van der Waals surface area contributed by atoms with Gasteiger partial charge in [0.25, 0.3) is 0 Å². The van der Waals surface area contributed by atoms with E-state index in [1.807, 2.05) is 19.3 Å². The van der Waals surface area contributed by atoms with Gasteiger partial charge in [-0.2, -0.15) is 0 Å². The molecule has 1 fully saturated rings. The lowest BCUT2D eigenvalue weighted by molar-refractivity contribution is 0.215. The largest absolute Gasteiger partial charge is 0.409 e. The maximum Gasteiger partial charge on any atom is 0.225 e. The second-order valence-corrected chi connectivity index (χ2v) is 5.92. The second-order valence-electron chi connectivity index (χ2n) is 4.67. The van der Waals surface area contributed by atoms with Crippen LogP contribution < -0.4 is 10.6 Å². The molecular formula is C12H19IN6O. The minimum Gasteiger partial charge on any atom is -0.409 e. The van der Waals surface area contributed by atoms with Crippen LogP contribution in [0.15, 0.2) is 17.5 Å². The quantitative estimate of drug-likeness (QED) is 0.259. The van der Waals surface area contributed by atoms with E-state index in [1.54, 1.807) is 0 Å². The Hall–Kier alpha value is -1.16. The normalized spacial score (nSPS) is 19.1. The van der Waals surface area contributed by atoms with Gasteiger partial charge in [-0.05, 0) is 29.0 Å². The fraction of sp³-hybridized carbons (Fsp3) is 0.583. The molecule has 7 nitrogen and oxygen atoms in total. The lowest BCUT2D eigenvalue weighted by Crippen LogP contribution is -2.54. The molecule has 0 aliphatic carbocycles. The molecule has 0 amide bonds. The third-order valence-electron chi connectivity index (χ3n) is 3.49. The van der Waals surface area contributed by atoms with E-state index >= 15 is 0 Å². The second kappa shape index (κ2) is 7.02. The summed E-state index contributed by atoms with van der Waals surface area (Å²) in [6, 6.07) is -0.000194. The van der Waals surface area contributed by atoms with Crippen molar-refractivity contribution in [2.24, 2.45) is 10.9 Å².